The first kappa shape index (κ1) is 49.5. The monoisotopic (exact) mass is 896 g/mol. The van der Waals surface area contributed by atoms with E-state index in [9.17, 15) is 0 Å². The molecule has 57 heavy (non-hydrogen) atoms. The molecule has 0 heterocycles. The van der Waals surface area contributed by atoms with E-state index in [1.165, 1.54) is 73.6 Å². The van der Waals surface area contributed by atoms with Crippen LogP contribution in [0.25, 0.3) is 0 Å². The van der Waals surface area contributed by atoms with E-state index in [4.69, 9.17) is 21.8 Å². The number of methoxy groups -OCH3 is 1. The van der Waals surface area contributed by atoms with Gasteiger partial charge in [-0.2, -0.15) is 0 Å². The Bertz CT molecular complexity index is 1560. The van der Waals surface area contributed by atoms with Crippen molar-refractivity contribution in [3.05, 3.63) is 84.6 Å². The van der Waals surface area contributed by atoms with E-state index in [2.05, 4.69) is 126 Å². The maximum atomic E-state index is 6.76. The van der Waals surface area contributed by atoms with Crippen LogP contribution in [0.2, 0.25) is 0 Å². The van der Waals surface area contributed by atoms with Gasteiger partial charge in [-0.1, -0.05) is 137 Å². The molecule has 1 nitrogen and oxygen atoms in total. The molecular formula is C53H84Cl2OZr. The molecule has 5 aliphatic carbocycles. The molecular weight excluding hydrogens is 815 g/mol. The minimum absolute atomic E-state index is 0. The van der Waals surface area contributed by atoms with Crippen LogP contribution in [0, 0.1) is 99.2 Å². The van der Waals surface area contributed by atoms with Gasteiger partial charge in [-0.15, -0.1) is 0 Å². The van der Waals surface area contributed by atoms with Gasteiger partial charge in [0.05, 0.1) is 6.10 Å². The van der Waals surface area contributed by atoms with Crippen LogP contribution in [-0.2, 0) is 36.4 Å². The summed E-state index contributed by atoms with van der Waals surface area (Å²) in [7, 11) is 11.9. The molecule has 0 aromatic heterocycles. The van der Waals surface area contributed by atoms with Crippen LogP contribution in [0.3, 0.4) is 0 Å². The van der Waals surface area contributed by atoms with Gasteiger partial charge in [0.2, 0.25) is 0 Å². The molecule has 14 atom stereocenters. The van der Waals surface area contributed by atoms with Crippen molar-refractivity contribution in [1.29, 1.82) is 0 Å². The number of hydrogen-bond donors (Lipinski definition) is 0. The number of hydrogen-bond acceptors (Lipinski definition) is 1. The van der Waals surface area contributed by atoms with Crippen molar-refractivity contribution in [3.8, 4) is 0 Å². The molecule has 5 aliphatic rings. The summed E-state index contributed by atoms with van der Waals surface area (Å²) in [6, 6.07) is 15.4. The van der Waals surface area contributed by atoms with Crippen LogP contribution >= 0.6 is 17.0 Å². The number of rotatable bonds is 5. The second-order valence-corrected chi connectivity index (χ2v) is 26.8. The van der Waals surface area contributed by atoms with Crippen molar-refractivity contribution in [3.63, 3.8) is 0 Å². The zero-order valence-corrected chi connectivity index (χ0v) is 43.3. The Morgan fingerprint density at radius 2 is 1.09 bits per heavy atom. The van der Waals surface area contributed by atoms with Gasteiger partial charge in [0.15, 0.2) is 0 Å². The molecule has 2 aromatic rings. The average Bonchev–Trinajstić information content (AvgIpc) is 3.76. The summed E-state index contributed by atoms with van der Waals surface area (Å²) in [5.41, 5.74) is 9.64. The molecule has 0 bridgehead atoms. The topological polar surface area (TPSA) is 9.23 Å². The molecule has 0 aliphatic heterocycles. The van der Waals surface area contributed by atoms with Gasteiger partial charge < -0.3 is 19.6 Å². The second kappa shape index (κ2) is 19.1. The van der Waals surface area contributed by atoms with E-state index in [1.807, 2.05) is 7.11 Å². The SMILES string of the molecule is COC1C(c2cc(C(C)(C)C)cc(C(C)(C)C)c2)C2CC(C)C(CC3C(C)CC4C3CC3CCCC3C4c3cc(C)cc(C)c3)C2CC1C(C)(C)C.[CH3-].[CH3-].[Cl][Zr+2][Cl]. The zero-order chi connectivity index (χ0) is 40.4. The predicted molar refractivity (Wildman–Crippen MR) is 247 cm³/mol. The normalized spacial score (nSPS) is 36.1. The average molecular weight is 899 g/mol. The third kappa shape index (κ3) is 10.2. The van der Waals surface area contributed by atoms with Crippen LogP contribution in [-0.4, -0.2) is 13.2 Å². The Morgan fingerprint density at radius 3 is 1.56 bits per heavy atom. The molecule has 0 N–H and O–H groups in total. The fraction of sp³-hybridized carbons (Fsp3) is 0.736. The fourth-order valence-corrected chi connectivity index (χ4v) is 14.1. The van der Waals surface area contributed by atoms with Crippen molar-refractivity contribution in [2.24, 2.45) is 70.5 Å². The van der Waals surface area contributed by atoms with E-state index >= 15 is 0 Å². The van der Waals surface area contributed by atoms with Gasteiger partial charge in [0.1, 0.15) is 0 Å². The quantitative estimate of drug-likeness (QED) is 0.272. The van der Waals surface area contributed by atoms with E-state index in [-0.39, 0.29) is 37.2 Å². The van der Waals surface area contributed by atoms with E-state index in [0.717, 1.165) is 59.2 Å². The summed E-state index contributed by atoms with van der Waals surface area (Å²) < 4.78 is 6.76. The van der Waals surface area contributed by atoms with Gasteiger partial charge in [-0.25, -0.2) is 0 Å². The Labute approximate surface area is 372 Å². The Morgan fingerprint density at radius 1 is 0.614 bits per heavy atom. The molecule has 7 rings (SSSR count). The molecule has 0 amide bonds. The van der Waals surface area contributed by atoms with E-state index < -0.39 is 20.8 Å². The van der Waals surface area contributed by atoms with Crippen LogP contribution in [0.5, 0.6) is 0 Å². The van der Waals surface area contributed by atoms with Crippen molar-refractivity contribution in [2.75, 3.05) is 7.11 Å². The van der Waals surface area contributed by atoms with Crippen LogP contribution in [0.15, 0.2) is 36.4 Å². The molecule has 0 radical (unpaired) electrons. The van der Waals surface area contributed by atoms with Crippen LogP contribution in [0.1, 0.15) is 173 Å². The van der Waals surface area contributed by atoms with Gasteiger partial charge in [-0.05, 0) is 162 Å². The van der Waals surface area contributed by atoms with E-state index in [0.29, 0.717) is 17.8 Å². The summed E-state index contributed by atoms with van der Waals surface area (Å²) in [6.07, 6.45) is 11.8. The molecule has 320 valence electrons. The zero-order valence-electron chi connectivity index (χ0n) is 39.4. The molecule has 5 fully saturated rings. The van der Waals surface area contributed by atoms with Gasteiger partial charge in [0, 0.05) is 13.0 Å². The molecule has 0 spiro atoms. The van der Waals surface area contributed by atoms with Crippen LogP contribution < -0.4 is 0 Å². The first-order valence-electron chi connectivity index (χ1n) is 22.4. The number of fused-ring (bicyclic) bond motifs is 3. The first-order valence-corrected chi connectivity index (χ1v) is 28.7. The van der Waals surface area contributed by atoms with Crippen molar-refractivity contribution < 1.29 is 25.6 Å². The molecule has 0 saturated heterocycles. The number of benzene rings is 2. The summed E-state index contributed by atoms with van der Waals surface area (Å²) in [6.45, 7) is 32.0. The second-order valence-electron chi connectivity index (χ2n) is 23.0. The third-order valence-corrected chi connectivity index (χ3v) is 16.5. The van der Waals surface area contributed by atoms with Crippen LogP contribution in [0.4, 0.5) is 0 Å². The standard InChI is InChI=1S/C51H78O.2CH3.2ClH.Zr/c1-29-18-30(2)20-34(19-29)46-38-17-15-16-33(38)25-41-39(31(3)21-43(41)46)27-40-32(4)22-44-42(40)28-45(51(11,12)13)48(52-14)47(44)35-23-36(49(5,6)7)26-37(24-35)50(8,9)10;;;;;/h18-20,23-24,26,31-33,38-48H,15-17,21-22,25,27-28H2,1-14H3;2*1H3;2*1H;/q;2*-1;;;+4/p-2. The summed E-state index contributed by atoms with van der Waals surface area (Å²) in [5.74, 6) is 10.3. The van der Waals surface area contributed by atoms with Gasteiger partial charge in [0.25, 0.3) is 0 Å². The summed E-state index contributed by atoms with van der Waals surface area (Å²) in [4.78, 5) is 0. The third-order valence-electron chi connectivity index (χ3n) is 16.5. The maximum absolute atomic E-state index is 6.76. The minimum atomic E-state index is -0.826. The summed E-state index contributed by atoms with van der Waals surface area (Å²) >= 11 is -0.826. The Hall–Kier alpha value is -0.137. The first-order chi connectivity index (χ1) is 25.7. The van der Waals surface area contributed by atoms with E-state index in [1.54, 1.807) is 11.1 Å². The van der Waals surface area contributed by atoms with Crippen molar-refractivity contribution in [1.82, 2.24) is 0 Å². The summed E-state index contributed by atoms with van der Waals surface area (Å²) in [5, 5.41) is 0. The van der Waals surface area contributed by atoms with Crippen molar-refractivity contribution >= 4 is 17.0 Å². The number of ether oxygens (including phenoxy) is 1. The molecule has 4 heteroatoms. The Kier molecular flexibility index (Phi) is 16.6. The number of halogens is 2. The van der Waals surface area contributed by atoms with Gasteiger partial charge >= 0.3 is 37.9 Å². The Balaban J connectivity index is 0.00000140. The molecule has 14 unspecified atom stereocenters. The molecule has 5 saturated carbocycles. The molecule has 2 aromatic carbocycles. The number of aryl methyl sites for hydroxylation is 2. The van der Waals surface area contributed by atoms with Crippen molar-refractivity contribution in [2.45, 2.75) is 170 Å². The van der Waals surface area contributed by atoms with Gasteiger partial charge in [-0.3, -0.25) is 0 Å². The fourth-order valence-electron chi connectivity index (χ4n) is 14.1. The predicted octanol–water partition coefficient (Wildman–Crippen LogP) is 16.1.